The van der Waals surface area contributed by atoms with E-state index in [0.717, 1.165) is 17.3 Å². The van der Waals surface area contributed by atoms with E-state index >= 15 is 0 Å². The molecule has 176 valence electrons. The van der Waals surface area contributed by atoms with Crippen LogP contribution in [0.2, 0.25) is 0 Å². The van der Waals surface area contributed by atoms with Crippen LogP contribution in [-0.4, -0.2) is 54.1 Å². The van der Waals surface area contributed by atoms with Crippen LogP contribution in [0, 0.1) is 21.8 Å². The lowest BCUT2D eigenvalue weighted by Gasteiger charge is -2.38. The molecule has 0 saturated carbocycles. The predicted molar refractivity (Wildman–Crippen MR) is 118 cm³/mol. The highest BCUT2D eigenvalue weighted by atomic mass is 32.2. The van der Waals surface area contributed by atoms with Crippen LogP contribution in [-0.2, 0) is 4.84 Å². The van der Waals surface area contributed by atoms with Gasteiger partial charge in [-0.25, -0.2) is 4.39 Å². The maximum Gasteiger partial charge on any atom is 0.294 e. The second-order valence-electron chi connectivity index (χ2n) is 7.65. The lowest BCUT2D eigenvalue weighted by Crippen LogP contribution is -2.43. The fraction of sp³-hybridized carbons (Fsp3) is 0.409. The summed E-state index contributed by atoms with van der Waals surface area (Å²) in [7, 11) is 0. The molecule has 2 heterocycles. The summed E-state index contributed by atoms with van der Waals surface area (Å²) < 4.78 is 30.2. The molecule has 2 atom stereocenters. The average Bonchev–Trinajstić information content (AvgIpc) is 3.28. The zero-order valence-electron chi connectivity index (χ0n) is 17.7. The Labute approximate surface area is 193 Å². The molecule has 2 aliphatic heterocycles. The van der Waals surface area contributed by atoms with Crippen LogP contribution in [0.1, 0.15) is 17.9 Å². The Balaban J connectivity index is 1.41. The van der Waals surface area contributed by atoms with Gasteiger partial charge in [-0.1, -0.05) is 23.9 Å². The second kappa shape index (κ2) is 10.6. The number of benzene rings is 2. The van der Waals surface area contributed by atoms with Crippen LogP contribution in [0.3, 0.4) is 0 Å². The number of thioether (sulfide) groups is 1. The van der Waals surface area contributed by atoms with Crippen molar-refractivity contribution < 1.29 is 33.3 Å². The molecule has 0 aromatic heterocycles. The number of fused-ring (bicyclic) bond motifs is 1. The number of halogens is 1. The van der Waals surface area contributed by atoms with Gasteiger partial charge >= 0.3 is 0 Å². The summed E-state index contributed by atoms with van der Waals surface area (Å²) in [6.45, 7) is 1.36. The van der Waals surface area contributed by atoms with E-state index in [0.29, 0.717) is 43.4 Å². The van der Waals surface area contributed by atoms with Crippen LogP contribution in [0.4, 0.5) is 9.18 Å². The molecule has 1 saturated heterocycles. The molecule has 0 unspecified atom stereocenters. The molecule has 4 rings (SSSR count). The minimum Gasteiger partial charge on any atom is -0.493 e. The molecular formula is C22H23FN2O7S. The van der Waals surface area contributed by atoms with E-state index in [4.69, 9.17) is 14.2 Å². The summed E-state index contributed by atoms with van der Waals surface area (Å²) in [5.74, 6) is 1.87. The van der Waals surface area contributed by atoms with Crippen molar-refractivity contribution in [1.29, 1.82) is 0 Å². The SMILES string of the molecule is O=C(SCCO[N+](=O)[O-])N1CC[C@@H](c2ccc(F)cc2)[C@H](COc2ccc3c(c2)OCO3)C1. The van der Waals surface area contributed by atoms with Gasteiger partial charge in [0, 0.05) is 30.8 Å². The number of carbonyl (C=O) groups is 1. The monoisotopic (exact) mass is 478 g/mol. The van der Waals surface area contributed by atoms with Gasteiger partial charge in [-0.15, -0.1) is 10.1 Å². The normalized spacial score (nSPS) is 19.2. The fourth-order valence-electron chi connectivity index (χ4n) is 4.02. The Kier molecular flexibility index (Phi) is 7.38. The van der Waals surface area contributed by atoms with Gasteiger partial charge in [0.25, 0.3) is 10.3 Å². The third-order valence-electron chi connectivity index (χ3n) is 5.60. The number of nitrogens with zero attached hydrogens (tertiary/aromatic N) is 2. The molecule has 1 amide bonds. The quantitative estimate of drug-likeness (QED) is 0.318. The van der Waals surface area contributed by atoms with E-state index in [2.05, 4.69) is 4.84 Å². The van der Waals surface area contributed by atoms with Gasteiger partial charge in [-0.3, -0.25) is 4.79 Å². The second-order valence-corrected chi connectivity index (χ2v) is 8.70. The molecular weight excluding hydrogens is 455 g/mol. The number of ether oxygens (including phenoxy) is 3. The van der Waals surface area contributed by atoms with E-state index in [1.165, 1.54) is 12.1 Å². The maximum atomic E-state index is 13.4. The van der Waals surface area contributed by atoms with Gasteiger partial charge in [-0.05, 0) is 42.2 Å². The van der Waals surface area contributed by atoms with Crippen molar-refractivity contribution in [3.8, 4) is 17.2 Å². The highest BCUT2D eigenvalue weighted by molar-refractivity contribution is 8.13. The molecule has 33 heavy (non-hydrogen) atoms. The van der Waals surface area contributed by atoms with Gasteiger partial charge in [0.05, 0.1) is 6.61 Å². The summed E-state index contributed by atoms with van der Waals surface area (Å²) in [5, 5.41) is 9.23. The van der Waals surface area contributed by atoms with E-state index in [-0.39, 0.29) is 42.0 Å². The van der Waals surface area contributed by atoms with Gasteiger partial charge < -0.3 is 23.9 Å². The van der Waals surface area contributed by atoms with E-state index in [9.17, 15) is 19.3 Å². The molecule has 0 spiro atoms. The number of piperidine rings is 1. The number of amides is 1. The Hall–Kier alpha value is -3.21. The van der Waals surface area contributed by atoms with Crippen LogP contribution in [0.15, 0.2) is 42.5 Å². The zero-order chi connectivity index (χ0) is 23.2. The number of rotatable bonds is 8. The van der Waals surface area contributed by atoms with Crippen LogP contribution < -0.4 is 14.2 Å². The highest BCUT2D eigenvalue weighted by Gasteiger charge is 2.33. The fourth-order valence-corrected chi connectivity index (χ4v) is 4.70. The first kappa shape index (κ1) is 23.0. The third-order valence-corrected chi connectivity index (χ3v) is 6.48. The standard InChI is InChI=1S/C22H23FN2O7S/c23-17-3-1-15(2-4-17)19-7-8-24(22(26)33-10-9-32-25(27)28)12-16(19)13-29-18-5-6-20-21(11-18)31-14-30-20/h1-6,11,16,19H,7-10,12-14H2/t16-,19-/m0/s1. The van der Waals surface area contributed by atoms with Crippen LogP contribution in [0.25, 0.3) is 0 Å². The average molecular weight is 478 g/mol. The van der Waals surface area contributed by atoms with Gasteiger partial charge in [0.1, 0.15) is 18.2 Å². The van der Waals surface area contributed by atoms with Crippen molar-refractivity contribution in [3.63, 3.8) is 0 Å². The summed E-state index contributed by atoms with van der Waals surface area (Å²) in [6, 6.07) is 11.8. The molecule has 9 nitrogen and oxygen atoms in total. The smallest absolute Gasteiger partial charge is 0.294 e. The lowest BCUT2D eigenvalue weighted by atomic mass is 9.81. The first-order valence-electron chi connectivity index (χ1n) is 10.5. The summed E-state index contributed by atoms with van der Waals surface area (Å²) >= 11 is 0.991. The minimum absolute atomic E-state index is 0.0331. The lowest BCUT2D eigenvalue weighted by molar-refractivity contribution is -0.756. The van der Waals surface area contributed by atoms with Crippen molar-refractivity contribution >= 4 is 17.0 Å². The predicted octanol–water partition coefficient (Wildman–Crippen LogP) is 4.10. The molecule has 2 aliphatic rings. The number of hydrogen-bond donors (Lipinski definition) is 0. The van der Waals surface area contributed by atoms with E-state index in [1.54, 1.807) is 35.2 Å². The molecule has 1 fully saturated rings. The first-order valence-corrected chi connectivity index (χ1v) is 11.4. The molecule has 0 radical (unpaired) electrons. The van der Waals surface area contributed by atoms with Crippen LogP contribution >= 0.6 is 11.8 Å². The molecule has 0 bridgehead atoms. The number of hydrogen-bond acceptors (Lipinski definition) is 8. The van der Waals surface area contributed by atoms with Crippen molar-refractivity contribution in [1.82, 2.24) is 4.90 Å². The van der Waals surface area contributed by atoms with Crippen LogP contribution in [0.5, 0.6) is 17.2 Å². The summed E-state index contributed by atoms with van der Waals surface area (Å²) in [5.41, 5.74) is 0.995. The van der Waals surface area contributed by atoms with Gasteiger partial charge in [0.2, 0.25) is 6.79 Å². The highest BCUT2D eigenvalue weighted by Crippen LogP contribution is 2.37. The topological polar surface area (TPSA) is 100 Å². The molecule has 2 aromatic carbocycles. The summed E-state index contributed by atoms with van der Waals surface area (Å²) in [6.07, 6.45) is 0.693. The molecule has 11 heteroatoms. The Bertz CT molecular complexity index is 991. The molecule has 0 N–H and O–H groups in total. The van der Waals surface area contributed by atoms with Crippen molar-refractivity contribution in [2.75, 3.05) is 38.8 Å². The van der Waals surface area contributed by atoms with Crippen molar-refractivity contribution in [2.45, 2.75) is 12.3 Å². The molecule has 2 aromatic rings. The van der Waals surface area contributed by atoms with Crippen molar-refractivity contribution in [2.24, 2.45) is 5.92 Å². The zero-order valence-corrected chi connectivity index (χ0v) is 18.5. The minimum atomic E-state index is -0.872. The Morgan fingerprint density at radius 2 is 2.00 bits per heavy atom. The largest absolute Gasteiger partial charge is 0.493 e. The number of carbonyl (C=O) groups excluding carboxylic acids is 1. The van der Waals surface area contributed by atoms with Gasteiger partial charge in [0.15, 0.2) is 11.5 Å². The Morgan fingerprint density at radius 1 is 1.21 bits per heavy atom. The Morgan fingerprint density at radius 3 is 2.79 bits per heavy atom. The molecule has 0 aliphatic carbocycles. The summed E-state index contributed by atoms with van der Waals surface area (Å²) in [4.78, 5) is 28.9. The van der Waals surface area contributed by atoms with Gasteiger partial charge in [-0.2, -0.15) is 0 Å². The maximum absolute atomic E-state index is 13.4. The number of likely N-dealkylation sites (tertiary alicyclic amines) is 1. The third kappa shape index (κ3) is 5.98. The van der Waals surface area contributed by atoms with E-state index in [1.807, 2.05) is 0 Å². The first-order chi connectivity index (χ1) is 16.0. The van der Waals surface area contributed by atoms with Crippen molar-refractivity contribution in [3.05, 3.63) is 64.0 Å². The van der Waals surface area contributed by atoms with E-state index < -0.39 is 5.09 Å².